The van der Waals surface area contributed by atoms with E-state index in [2.05, 4.69) is 24.1 Å². The van der Waals surface area contributed by atoms with Crippen molar-refractivity contribution in [3.63, 3.8) is 0 Å². The van der Waals surface area contributed by atoms with Crippen LogP contribution in [-0.2, 0) is 16.6 Å². The van der Waals surface area contributed by atoms with E-state index in [1.807, 2.05) is 13.0 Å². The van der Waals surface area contributed by atoms with Gasteiger partial charge in [-0.1, -0.05) is 13.8 Å². The lowest BCUT2D eigenvalue weighted by Gasteiger charge is -2.38. The minimum atomic E-state index is -3.33. The number of hydrogen-bond acceptors (Lipinski definition) is 5. The Hall–Kier alpha value is -0.470. The van der Waals surface area contributed by atoms with Gasteiger partial charge in [-0.2, -0.15) is 4.31 Å². The summed E-state index contributed by atoms with van der Waals surface area (Å²) in [4.78, 5) is 3.38. The largest absolute Gasteiger partial charge is 0.312 e. The van der Waals surface area contributed by atoms with Crippen molar-refractivity contribution in [3.05, 3.63) is 17.0 Å². The van der Waals surface area contributed by atoms with Gasteiger partial charge in [0.25, 0.3) is 10.0 Å². The molecule has 1 aliphatic heterocycles. The maximum absolute atomic E-state index is 12.7. The third kappa shape index (κ3) is 3.84. The van der Waals surface area contributed by atoms with Crippen molar-refractivity contribution in [2.24, 2.45) is 0 Å². The van der Waals surface area contributed by atoms with E-state index in [-0.39, 0.29) is 6.04 Å². The molecule has 1 aromatic heterocycles. The fourth-order valence-electron chi connectivity index (χ4n) is 2.62. The molecular weight excluding hydrogens is 306 g/mol. The number of nitrogens with zero attached hydrogens (tertiary/aromatic N) is 2. The van der Waals surface area contributed by atoms with Crippen molar-refractivity contribution in [1.82, 2.24) is 14.5 Å². The van der Waals surface area contributed by atoms with E-state index in [4.69, 9.17) is 0 Å². The molecule has 1 fully saturated rings. The molecular formula is C14H25N3O2S2. The van der Waals surface area contributed by atoms with Crippen LogP contribution in [0.3, 0.4) is 0 Å². The van der Waals surface area contributed by atoms with Crippen LogP contribution in [-0.4, -0.2) is 56.4 Å². The fourth-order valence-corrected chi connectivity index (χ4v) is 5.61. The molecule has 1 aliphatic rings. The number of thiophene rings is 1. The molecule has 1 saturated heterocycles. The molecule has 0 saturated carbocycles. The molecule has 0 radical (unpaired) electrons. The Morgan fingerprint density at radius 2 is 2.10 bits per heavy atom. The average Bonchev–Trinajstić information content (AvgIpc) is 2.94. The van der Waals surface area contributed by atoms with Gasteiger partial charge in [0.2, 0.25) is 0 Å². The van der Waals surface area contributed by atoms with E-state index >= 15 is 0 Å². The Morgan fingerprint density at radius 1 is 1.33 bits per heavy atom. The molecule has 0 spiro atoms. The van der Waals surface area contributed by atoms with Gasteiger partial charge in [-0.3, -0.25) is 4.90 Å². The van der Waals surface area contributed by atoms with Gasteiger partial charge in [0.05, 0.1) is 0 Å². The van der Waals surface area contributed by atoms with Crippen LogP contribution < -0.4 is 5.32 Å². The molecule has 21 heavy (non-hydrogen) atoms. The third-order valence-corrected chi connectivity index (χ3v) is 7.33. The Labute approximate surface area is 132 Å². The van der Waals surface area contributed by atoms with E-state index < -0.39 is 10.0 Å². The molecule has 7 heteroatoms. The van der Waals surface area contributed by atoms with Gasteiger partial charge in [-0.25, -0.2) is 8.42 Å². The highest BCUT2D eigenvalue weighted by atomic mass is 32.2. The SMILES string of the molecule is CCNCc1ccc(S(=O)(=O)N2CCN(CC)C(C)C2)s1. The Bertz CT molecular complexity index is 556. The number of likely N-dealkylation sites (N-methyl/N-ethyl adjacent to an activating group) is 1. The molecule has 0 aliphatic carbocycles. The maximum Gasteiger partial charge on any atom is 0.252 e. The molecule has 1 atom stereocenters. The first-order chi connectivity index (χ1) is 9.98. The first-order valence-corrected chi connectivity index (χ1v) is 9.78. The zero-order valence-corrected chi connectivity index (χ0v) is 14.6. The summed E-state index contributed by atoms with van der Waals surface area (Å²) < 4.78 is 27.5. The highest BCUT2D eigenvalue weighted by molar-refractivity contribution is 7.91. The lowest BCUT2D eigenvalue weighted by molar-refractivity contribution is 0.136. The topological polar surface area (TPSA) is 52.7 Å². The summed E-state index contributed by atoms with van der Waals surface area (Å²) in [5, 5.41) is 3.22. The number of nitrogens with one attached hydrogen (secondary N) is 1. The number of hydrogen-bond donors (Lipinski definition) is 1. The predicted molar refractivity (Wildman–Crippen MR) is 87.2 cm³/mol. The minimum Gasteiger partial charge on any atom is -0.312 e. The molecule has 120 valence electrons. The van der Waals surface area contributed by atoms with E-state index in [1.165, 1.54) is 11.3 Å². The summed E-state index contributed by atoms with van der Waals surface area (Å²) in [6.07, 6.45) is 0. The van der Waals surface area contributed by atoms with E-state index in [1.54, 1.807) is 10.4 Å². The smallest absolute Gasteiger partial charge is 0.252 e. The van der Waals surface area contributed by atoms with Crippen LogP contribution in [0.1, 0.15) is 25.6 Å². The first-order valence-electron chi connectivity index (χ1n) is 7.52. The Kier molecular flexibility index (Phi) is 5.79. The van der Waals surface area contributed by atoms with Crippen molar-refractivity contribution >= 4 is 21.4 Å². The van der Waals surface area contributed by atoms with E-state index in [0.29, 0.717) is 17.3 Å². The number of sulfonamides is 1. The second-order valence-electron chi connectivity index (χ2n) is 5.34. The van der Waals surface area contributed by atoms with Gasteiger partial charge >= 0.3 is 0 Å². The molecule has 0 amide bonds. The Balaban J connectivity index is 2.09. The van der Waals surface area contributed by atoms with Gasteiger partial charge in [0.15, 0.2) is 0 Å². The van der Waals surface area contributed by atoms with Crippen molar-refractivity contribution in [2.75, 3.05) is 32.7 Å². The van der Waals surface area contributed by atoms with Crippen molar-refractivity contribution in [3.8, 4) is 0 Å². The molecule has 1 unspecified atom stereocenters. The Morgan fingerprint density at radius 3 is 2.71 bits per heavy atom. The standard InChI is InChI=1S/C14H25N3O2S2/c1-4-15-10-13-6-7-14(20-13)21(18,19)17-9-8-16(5-2)12(3)11-17/h6-7,12,15H,4-5,8-11H2,1-3H3. The molecule has 0 bridgehead atoms. The molecule has 1 N–H and O–H groups in total. The second-order valence-corrected chi connectivity index (χ2v) is 8.67. The van der Waals surface area contributed by atoms with Crippen molar-refractivity contribution in [2.45, 2.75) is 37.6 Å². The highest BCUT2D eigenvalue weighted by Gasteiger charge is 2.32. The quantitative estimate of drug-likeness (QED) is 0.860. The van der Waals surface area contributed by atoms with E-state index in [9.17, 15) is 8.42 Å². The summed E-state index contributed by atoms with van der Waals surface area (Å²) >= 11 is 1.38. The van der Waals surface area contributed by atoms with Gasteiger partial charge in [0.1, 0.15) is 4.21 Å². The predicted octanol–water partition coefficient (Wildman–Crippen LogP) is 1.57. The van der Waals surface area contributed by atoms with Crippen LogP contribution in [0.25, 0.3) is 0 Å². The second kappa shape index (κ2) is 7.19. The number of rotatable bonds is 6. The zero-order valence-electron chi connectivity index (χ0n) is 13.0. The van der Waals surface area contributed by atoms with Crippen LogP contribution in [0, 0.1) is 0 Å². The van der Waals surface area contributed by atoms with Crippen LogP contribution in [0.15, 0.2) is 16.3 Å². The van der Waals surface area contributed by atoms with Gasteiger partial charge < -0.3 is 5.32 Å². The highest BCUT2D eigenvalue weighted by Crippen LogP contribution is 2.26. The van der Waals surface area contributed by atoms with Crippen LogP contribution in [0.5, 0.6) is 0 Å². The minimum absolute atomic E-state index is 0.278. The fraction of sp³-hybridized carbons (Fsp3) is 0.714. The summed E-state index contributed by atoms with van der Waals surface area (Å²) in [6.45, 7) is 10.8. The van der Waals surface area contributed by atoms with Gasteiger partial charge in [0, 0.05) is 37.1 Å². The average molecular weight is 332 g/mol. The van der Waals surface area contributed by atoms with Crippen LogP contribution in [0.2, 0.25) is 0 Å². The van der Waals surface area contributed by atoms with Gasteiger partial charge in [-0.05, 0) is 32.1 Å². The number of piperazine rings is 1. The lowest BCUT2D eigenvalue weighted by atomic mass is 10.2. The summed E-state index contributed by atoms with van der Waals surface area (Å²) in [7, 11) is -3.33. The van der Waals surface area contributed by atoms with Crippen LogP contribution >= 0.6 is 11.3 Å². The normalized spacial score (nSPS) is 21.8. The van der Waals surface area contributed by atoms with Crippen LogP contribution in [0.4, 0.5) is 0 Å². The monoisotopic (exact) mass is 331 g/mol. The van der Waals surface area contributed by atoms with Gasteiger partial charge in [-0.15, -0.1) is 11.3 Å². The maximum atomic E-state index is 12.7. The summed E-state index contributed by atoms with van der Waals surface area (Å²) in [5.74, 6) is 0. The molecule has 5 nitrogen and oxygen atoms in total. The summed E-state index contributed by atoms with van der Waals surface area (Å²) in [5.41, 5.74) is 0. The molecule has 1 aromatic rings. The molecule has 2 rings (SSSR count). The zero-order chi connectivity index (χ0) is 15.5. The summed E-state index contributed by atoms with van der Waals surface area (Å²) in [6, 6.07) is 3.93. The molecule has 0 aromatic carbocycles. The van der Waals surface area contributed by atoms with E-state index in [0.717, 1.165) is 31.1 Å². The first kappa shape index (κ1) is 16.9. The third-order valence-electron chi connectivity index (χ3n) is 3.91. The van der Waals surface area contributed by atoms with Crippen molar-refractivity contribution < 1.29 is 8.42 Å². The lowest BCUT2D eigenvalue weighted by Crippen LogP contribution is -2.53. The molecule has 2 heterocycles. The van der Waals surface area contributed by atoms with Crippen molar-refractivity contribution in [1.29, 1.82) is 0 Å².